The molecule has 1 aromatic rings. The summed E-state index contributed by atoms with van der Waals surface area (Å²) >= 11 is 0. The molecule has 0 radical (unpaired) electrons. The van der Waals surface area contributed by atoms with Gasteiger partial charge in [-0.15, -0.1) is 12.3 Å². The van der Waals surface area contributed by atoms with E-state index in [1.54, 1.807) is 4.57 Å². The molecule has 0 aliphatic rings. The fraction of sp³-hybridized carbons (Fsp3) is 0.364. The van der Waals surface area contributed by atoms with Gasteiger partial charge in [-0.25, -0.2) is 4.79 Å². The minimum atomic E-state index is -0.884. The van der Waals surface area contributed by atoms with Crippen molar-refractivity contribution in [2.24, 2.45) is 0 Å². The number of aromatic nitrogens is 1. The smallest absolute Gasteiger partial charge is 0.327 e. The van der Waals surface area contributed by atoms with Crippen LogP contribution in [0.1, 0.15) is 23.9 Å². The molecule has 0 spiro atoms. The summed E-state index contributed by atoms with van der Waals surface area (Å²) in [5.41, 5.74) is 1.84. The third-order valence-corrected chi connectivity index (χ3v) is 2.23. The lowest BCUT2D eigenvalue weighted by Gasteiger charge is -2.16. The molecule has 0 aliphatic heterocycles. The fourth-order valence-corrected chi connectivity index (χ4v) is 1.57. The predicted molar refractivity (Wildman–Crippen MR) is 54.0 cm³/mol. The third kappa shape index (κ3) is 1.80. The Morgan fingerprint density at radius 1 is 1.57 bits per heavy atom. The van der Waals surface area contributed by atoms with Crippen LogP contribution in [0.4, 0.5) is 0 Å². The zero-order valence-electron chi connectivity index (χ0n) is 8.32. The molecule has 0 saturated heterocycles. The van der Waals surface area contributed by atoms with Gasteiger partial charge in [0.15, 0.2) is 0 Å². The molecular weight excluding hydrogens is 178 g/mol. The van der Waals surface area contributed by atoms with Crippen LogP contribution in [-0.4, -0.2) is 15.6 Å². The van der Waals surface area contributed by atoms with E-state index in [1.807, 2.05) is 26.0 Å². The molecule has 0 bridgehead atoms. The number of carboxylic acids is 1. The van der Waals surface area contributed by atoms with Gasteiger partial charge in [-0.3, -0.25) is 0 Å². The molecule has 0 saturated carbocycles. The van der Waals surface area contributed by atoms with E-state index in [9.17, 15) is 4.79 Å². The Morgan fingerprint density at radius 3 is 2.43 bits per heavy atom. The second kappa shape index (κ2) is 4.01. The van der Waals surface area contributed by atoms with Crippen molar-refractivity contribution in [1.29, 1.82) is 0 Å². The monoisotopic (exact) mass is 191 g/mol. The van der Waals surface area contributed by atoms with E-state index in [2.05, 4.69) is 5.92 Å². The second-order valence-corrected chi connectivity index (χ2v) is 3.25. The first-order valence-electron chi connectivity index (χ1n) is 4.38. The highest BCUT2D eigenvalue weighted by Crippen LogP contribution is 2.18. The van der Waals surface area contributed by atoms with Gasteiger partial charge in [0.1, 0.15) is 6.04 Å². The zero-order chi connectivity index (χ0) is 10.7. The van der Waals surface area contributed by atoms with Crippen LogP contribution in [0.25, 0.3) is 0 Å². The summed E-state index contributed by atoms with van der Waals surface area (Å²) in [4.78, 5) is 11.0. The maximum Gasteiger partial charge on any atom is 0.327 e. The Morgan fingerprint density at radius 2 is 2.07 bits per heavy atom. The number of aryl methyl sites for hydroxylation is 2. The van der Waals surface area contributed by atoms with Crippen molar-refractivity contribution in [3.05, 3.63) is 23.5 Å². The largest absolute Gasteiger partial charge is 0.480 e. The van der Waals surface area contributed by atoms with Crippen LogP contribution in [0.5, 0.6) is 0 Å². The van der Waals surface area contributed by atoms with Gasteiger partial charge in [0.25, 0.3) is 0 Å². The molecule has 1 aromatic heterocycles. The summed E-state index contributed by atoms with van der Waals surface area (Å²) in [7, 11) is 0. The van der Waals surface area contributed by atoms with Gasteiger partial charge < -0.3 is 9.67 Å². The summed E-state index contributed by atoms with van der Waals surface area (Å²) in [5.74, 6) is 1.51. The van der Waals surface area contributed by atoms with E-state index in [0.717, 1.165) is 11.4 Å². The summed E-state index contributed by atoms with van der Waals surface area (Å²) in [6, 6.07) is 3.14. The molecule has 0 amide bonds. The van der Waals surface area contributed by atoms with Gasteiger partial charge in [0.05, 0.1) is 0 Å². The van der Waals surface area contributed by atoms with Crippen LogP contribution in [0.3, 0.4) is 0 Å². The molecule has 0 aliphatic carbocycles. The normalized spacial score (nSPS) is 12.1. The average molecular weight is 191 g/mol. The van der Waals surface area contributed by atoms with Gasteiger partial charge in [0, 0.05) is 17.8 Å². The number of carboxylic acid groups (broad SMARTS) is 1. The maximum absolute atomic E-state index is 11.0. The van der Waals surface area contributed by atoms with Crippen molar-refractivity contribution in [1.82, 2.24) is 4.57 Å². The predicted octanol–water partition coefficient (Wildman–Crippen LogP) is 1.75. The van der Waals surface area contributed by atoms with Gasteiger partial charge in [-0.2, -0.15) is 0 Å². The van der Waals surface area contributed by atoms with E-state index in [1.165, 1.54) is 0 Å². The Bertz CT molecular complexity index is 365. The number of carbonyl (C=O) groups is 1. The molecule has 3 heteroatoms. The lowest BCUT2D eigenvalue weighted by Crippen LogP contribution is -2.20. The minimum absolute atomic E-state index is 0.214. The number of terminal acetylenes is 1. The molecule has 0 fully saturated rings. The first-order valence-corrected chi connectivity index (χ1v) is 4.38. The van der Waals surface area contributed by atoms with Gasteiger partial charge in [0.2, 0.25) is 0 Å². The van der Waals surface area contributed by atoms with Crippen LogP contribution in [0.2, 0.25) is 0 Å². The molecule has 1 unspecified atom stereocenters. The SMILES string of the molecule is C#CCC(C(=O)O)n1c(C)ccc1C. The Balaban J connectivity index is 3.12. The summed E-state index contributed by atoms with van der Waals surface area (Å²) in [6.07, 6.45) is 5.36. The van der Waals surface area contributed by atoms with E-state index in [4.69, 9.17) is 11.5 Å². The van der Waals surface area contributed by atoms with Crippen molar-refractivity contribution < 1.29 is 9.90 Å². The van der Waals surface area contributed by atoms with Crippen molar-refractivity contribution in [2.45, 2.75) is 26.3 Å². The highest BCUT2D eigenvalue weighted by molar-refractivity contribution is 5.72. The molecular formula is C11H13NO2. The van der Waals surface area contributed by atoms with E-state index >= 15 is 0 Å². The quantitative estimate of drug-likeness (QED) is 0.739. The van der Waals surface area contributed by atoms with E-state index in [-0.39, 0.29) is 6.42 Å². The maximum atomic E-state index is 11.0. The van der Waals surface area contributed by atoms with E-state index < -0.39 is 12.0 Å². The van der Waals surface area contributed by atoms with Crippen LogP contribution in [0, 0.1) is 26.2 Å². The summed E-state index contributed by atoms with van der Waals surface area (Å²) < 4.78 is 1.75. The molecule has 1 heterocycles. The molecule has 1 rings (SSSR count). The van der Waals surface area contributed by atoms with Gasteiger partial charge >= 0.3 is 5.97 Å². The zero-order valence-corrected chi connectivity index (χ0v) is 8.32. The first kappa shape index (κ1) is 10.4. The topological polar surface area (TPSA) is 42.2 Å². The summed E-state index contributed by atoms with van der Waals surface area (Å²) in [6.45, 7) is 3.75. The van der Waals surface area contributed by atoms with Crippen molar-refractivity contribution in [2.75, 3.05) is 0 Å². The first-order chi connectivity index (χ1) is 6.57. The van der Waals surface area contributed by atoms with Crippen molar-refractivity contribution in [3.8, 4) is 12.3 Å². The van der Waals surface area contributed by atoms with Crippen LogP contribution in [0.15, 0.2) is 12.1 Å². The van der Waals surface area contributed by atoms with Gasteiger partial charge in [-0.1, -0.05) is 0 Å². The lowest BCUT2D eigenvalue weighted by molar-refractivity contribution is -0.140. The molecule has 74 valence electrons. The van der Waals surface area contributed by atoms with Crippen LogP contribution >= 0.6 is 0 Å². The molecule has 14 heavy (non-hydrogen) atoms. The van der Waals surface area contributed by atoms with Crippen LogP contribution in [-0.2, 0) is 4.79 Å². The number of nitrogens with zero attached hydrogens (tertiary/aromatic N) is 1. The standard InChI is InChI=1S/C11H13NO2/c1-4-5-10(11(13)14)12-8(2)6-7-9(12)3/h1,6-7,10H,5H2,2-3H3,(H,13,14). The number of hydrogen-bond acceptors (Lipinski definition) is 1. The molecule has 3 nitrogen and oxygen atoms in total. The second-order valence-electron chi connectivity index (χ2n) is 3.25. The average Bonchev–Trinajstić information content (AvgIpc) is 2.43. The number of aliphatic carboxylic acids is 1. The van der Waals surface area contributed by atoms with Crippen molar-refractivity contribution >= 4 is 5.97 Å². The Kier molecular flexibility index (Phi) is 2.98. The molecule has 0 aromatic carbocycles. The van der Waals surface area contributed by atoms with Gasteiger partial charge in [-0.05, 0) is 26.0 Å². The summed E-state index contributed by atoms with van der Waals surface area (Å²) in [5, 5.41) is 9.01. The number of hydrogen-bond donors (Lipinski definition) is 1. The lowest BCUT2D eigenvalue weighted by atomic mass is 10.2. The highest BCUT2D eigenvalue weighted by atomic mass is 16.4. The Labute approximate surface area is 83.4 Å². The number of rotatable bonds is 3. The molecule has 1 N–H and O–H groups in total. The third-order valence-electron chi connectivity index (χ3n) is 2.23. The Hall–Kier alpha value is -1.69. The fourth-order valence-electron chi connectivity index (χ4n) is 1.57. The van der Waals surface area contributed by atoms with Crippen LogP contribution < -0.4 is 0 Å². The minimum Gasteiger partial charge on any atom is -0.480 e. The van der Waals surface area contributed by atoms with E-state index in [0.29, 0.717) is 0 Å². The molecule has 1 atom stereocenters. The highest BCUT2D eigenvalue weighted by Gasteiger charge is 2.20. The van der Waals surface area contributed by atoms with Crippen molar-refractivity contribution in [3.63, 3.8) is 0 Å².